The van der Waals surface area contributed by atoms with E-state index >= 15 is 0 Å². The van der Waals surface area contributed by atoms with Crippen LogP contribution in [-0.4, -0.2) is 52.9 Å². The average Bonchev–Trinajstić information content (AvgIpc) is 2.57. The molecule has 8 heteroatoms. The highest BCUT2D eigenvalue weighted by Crippen LogP contribution is 2.36. The molecule has 1 N–H and O–H groups in total. The van der Waals surface area contributed by atoms with Gasteiger partial charge in [-0.25, -0.2) is 4.79 Å². The summed E-state index contributed by atoms with van der Waals surface area (Å²) in [5.41, 5.74) is -1.82. The Labute approximate surface area is 128 Å². The van der Waals surface area contributed by atoms with E-state index in [0.717, 1.165) is 0 Å². The number of aliphatic hydroxyl groups excluding tert-OH is 1. The van der Waals surface area contributed by atoms with Crippen LogP contribution in [0.4, 0.5) is 18.0 Å². The fourth-order valence-electron chi connectivity index (χ4n) is 2.38. The van der Waals surface area contributed by atoms with Crippen LogP contribution in [0.15, 0.2) is 0 Å². The van der Waals surface area contributed by atoms with E-state index in [2.05, 4.69) is 0 Å². The summed E-state index contributed by atoms with van der Waals surface area (Å²) >= 11 is 0. The molecule has 1 aliphatic heterocycles. The van der Waals surface area contributed by atoms with Crippen LogP contribution in [0.2, 0.25) is 0 Å². The largest absolute Gasteiger partial charge is 0.444 e. The minimum Gasteiger partial charge on any atom is -0.444 e. The van der Waals surface area contributed by atoms with E-state index < -0.39 is 48.6 Å². The highest BCUT2D eigenvalue weighted by molar-refractivity contribution is 5.69. The maximum Gasteiger partial charge on any atom is 0.412 e. The normalized spacial score (nSPS) is 23.5. The number of nitrogens with zero attached hydrogens (tertiary/aromatic N) is 1. The lowest BCUT2D eigenvalue weighted by Gasteiger charge is -2.36. The van der Waals surface area contributed by atoms with Gasteiger partial charge in [0.25, 0.3) is 0 Å². The second-order valence-electron chi connectivity index (χ2n) is 6.92. The SMILES string of the molecule is CC(C)(C)OC(=O)N1[C@H](CC(CO)C(F)(F)F)COC1(C)C. The van der Waals surface area contributed by atoms with E-state index in [1.807, 2.05) is 0 Å². The van der Waals surface area contributed by atoms with Crippen molar-refractivity contribution in [3.8, 4) is 0 Å². The van der Waals surface area contributed by atoms with Gasteiger partial charge >= 0.3 is 12.3 Å². The maximum atomic E-state index is 12.8. The van der Waals surface area contributed by atoms with Crippen molar-refractivity contribution in [3.63, 3.8) is 0 Å². The summed E-state index contributed by atoms with van der Waals surface area (Å²) in [6, 6.07) is -0.802. The molecule has 5 nitrogen and oxygen atoms in total. The molecule has 1 unspecified atom stereocenters. The van der Waals surface area contributed by atoms with Crippen molar-refractivity contribution in [3.05, 3.63) is 0 Å². The van der Waals surface area contributed by atoms with E-state index in [4.69, 9.17) is 14.6 Å². The van der Waals surface area contributed by atoms with Crippen molar-refractivity contribution < 1.29 is 32.5 Å². The Morgan fingerprint density at radius 2 is 1.95 bits per heavy atom. The molecule has 0 aromatic heterocycles. The van der Waals surface area contributed by atoms with Gasteiger partial charge in [0.1, 0.15) is 11.3 Å². The van der Waals surface area contributed by atoms with Crippen molar-refractivity contribution >= 4 is 6.09 Å². The van der Waals surface area contributed by atoms with Crippen LogP contribution in [0.1, 0.15) is 41.0 Å². The molecular formula is C14H24F3NO4. The summed E-state index contributed by atoms with van der Waals surface area (Å²) in [6.45, 7) is 7.17. The molecule has 0 radical (unpaired) electrons. The predicted molar refractivity (Wildman–Crippen MR) is 73.1 cm³/mol. The van der Waals surface area contributed by atoms with Crippen LogP contribution in [-0.2, 0) is 9.47 Å². The number of amides is 1. The molecule has 1 amide bonds. The molecule has 1 fully saturated rings. The number of rotatable bonds is 3. The lowest BCUT2D eigenvalue weighted by molar-refractivity contribution is -0.188. The molecule has 1 heterocycles. The molecule has 1 rings (SSSR count). The van der Waals surface area contributed by atoms with E-state index in [1.54, 1.807) is 34.6 Å². The molecule has 1 aliphatic rings. The topological polar surface area (TPSA) is 59.0 Å². The van der Waals surface area contributed by atoms with Crippen LogP contribution in [0.5, 0.6) is 0 Å². The van der Waals surface area contributed by atoms with Crippen molar-refractivity contribution in [1.82, 2.24) is 4.90 Å². The number of carbonyl (C=O) groups is 1. The first-order valence-electron chi connectivity index (χ1n) is 7.12. The minimum atomic E-state index is -4.53. The third kappa shape index (κ3) is 4.74. The van der Waals surface area contributed by atoms with Gasteiger partial charge in [-0.2, -0.15) is 13.2 Å². The van der Waals surface area contributed by atoms with Gasteiger partial charge in [-0.15, -0.1) is 0 Å². The Morgan fingerprint density at radius 3 is 2.36 bits per heavy atom. The molecule has 0 aromatic rings. The van der Waals surface area contributed by atoms with Crippen molar-refractivity contribution in [1.29, 1.82) is 0 Å². The quantitative estimate of drug-likeness (QED) is 0.866. The first kappa shape index (κ1) is 19.0. The maximum absolute atomic E-state index is 12.8. The Morgan fingerprint density at radius 1 is 1.41 bits per heavy atom. The summed E-state index contributed by atoms with van der Waals surface area (Å²) in [4.78, 5) is 13.5. The fraction of sp³-hybridized carbons (Fsp3) is 0.929. The van der Waals surface area contributed by atoms with E-state index in [-0.39, 0.29) is 6.61 Å². The van der Waals surface area contributed by atoms with Gasteiger partial charge in [0.05, 0.1) is 25.2 Å². The van der Waals surface area contributed by atoms with Crippen LogP contribution < -0.4 is 0 Å². The molecule has 22 heavy (non-hydrogen) atoms. The molecule has 0 bridgehead atoms. The van der Waals surface area contributed by atoms with Crippen molar-refractivity contribution in [2.75, 3.05) is 13.2 Å². The van der Waals surface area contributed by atoms with Crippen LogP contribution in [0.25, 0.3) is 0 Å². The Balaban J connectivity index is 2.92. The number of hydrogen-bond acceptors (Lipinski definition) is 4. The molecular weight excluding hydrogens is 303 g/mol. The first-order valence-corrected chi connectivity index (χ1v) is 7.12. The highest BCUT2D eigenvalue weighted by atomic mass is 19.4. The summed E-state index contributed by atoms with van der Waals surface area (Å²) in [6.07, 6.45) is -5.68. The number of alkyl halides is 3. The van der Waals surface area contributed by atoms with E-state index in [9.17, 15) is 18.0 Å². The summed E-state index contributed by atoms with van der Waals surface area (Å²) in [7, 11) is 0. The summed E-state index contributed by atoms with van der Waals surface area (Å²) in [5, 5.41) is 8.97. The van der Waals surface area contributed by atoms with Gasteiger partial charge in [0, 0.05) is 0 Å². The Bertz CT molecular complexity index is 404. The van der Waals surface area contributed by atoms with Gasteiger partial charge in [0.15, 0.2) is 0 Å². The third-order valence-corrected chi connectivity index (χ3v) is 3.40. The van der Waals surface area contributed by atoms with Gasteiger partial charge in [0.2, 0.25) is 0 Å². The Kier molecular flexibility index (Phi) is 5.39. The third-order valence-electron chi connectivity index (χ3n) is 3.40. The lowest BCUT2D eigenvalue weighted by atomic mass is 9.99. The number of carbonyl (C=O) groups excluding carboxylic acids is 1. The zero-order valence-corrected chi connectivity index (χ0v) is 13.5. The zero-order valence-electron chi connectivity index (χ0n) is 13.5. The monoisotopic (exact) mass is 327 g/mol. The molecule has 1 saturated heterocycles. The average molecular weight is 327 g/mol. The summed E-state index contributed by atoms with van der Waals surface area (Å²) in [5.74, 6) is -1.90. The van der Waals surface area contributed by atoms with E-state index in [1.165, 1.54) is 4.90 Å². The number of halogens is 3. The van der Waals surface area contributed by atoms with Gasteiger partial charge in [-0.05, 0) is 41.0 Å². The number of hydrogen-bond donors (Lipinski definition) is 1. The fourth-order valence-corrected chi connectivity index (χ4v) is 2.38. The Hall–Kier alpha value is -1.02. The standard InChI is InChI=1S/C14H24F3NO4/c1-12(2,3)22-11(20)18-10(8-21-13(18,4)5)6-9(7-19)14(15,16)17/h9-10,19H,6-8H2,1-5H3/t9?,10-/m1/s1. The first-order chi connectivity index (χ1) is 9.78. The number of aliphatic hydroxyl groups is 1. The molecule has 130 valence electrons. The van der Waals surface area contributed by atoms with Gasteiger partial charge in [-0.1, -0.05) is 0 Å². The molecule has 0 aliphatic carbocycles. The lowest BCUT2D eigenvalue weighted by Crippen LogP contribution is -2.51. The zero-order chi connectivity index (χ0) is 17.3. The predicted octanol–water partition coefficient (Wildman–Crippen LogP) is 2.92. The van der Waals surface area contributed by atoms with Crippen LogP contribution in [0, 0.1) is 5.92 Å². The van der Waals surface area contributed by atoms with Crippen LogP contribution >= 0.6 is 0 Å². The van der Waals surface area contributed by atoms with E-state index in [0.29, 0.717) is 0 Å². The van der Waals surface area contributed by atoms with Crippen LogP contribution in [0.3, 0.4) is 0 Å². The number of ether oxygens (including phenoxy) is 2. The smallest absolute Gasteiger partial charge is 0.412 e. The molecule has 2 atom stereocenters. The van der Waals surface area contributed by atoms with Crippen molar-refractivity contribution in [2.45, 2.75) is 64.6 Å². The minimum absolute atomic E-state index is 0.0289. The molecule has 0 spiro atoms. The van der Waals surface area contributed by atoms with Crippen molar-refractivity contribution in [2.24, 2.45) is 5.92 Å². The molecule has 0 aromatic carbocycles. The highest BCUT2D eigenvalue weighted by Gasteiger charge is 2.49. The van der Waals surface area contributed by atoms with Gasteiger partial charge in [-0.3, -0.25) is 4.90 Å². The second kappa shape index (κ2) is 6.23. The molecule has 0 saturated carbocycles. The van der Waals surface area contributed by atoms with Gasteiger partial charge < -0.3 is 14.6 Å². The second-order valence-corrected chi connectivity index (χ2v) is 6.92. The summed E-state index contributed by atoms with van der Waals surface area (Å²) < 4.78 is 49.2.